The van der Waals surface area contributed by atoms with E-state index in [0.29, 0.717) is 33.8 Å². The SMILES string of the molecule is COc1ccc(OC)c(-c2nc3nc(SC)nc(N)n3n2)c1. The number of fused-ring (bicyclic) bond motifs is 1. The molecule has 2 heterocycles. The summed E-state index contributed by atoms with van der Waals surface area (Å²) in [4.78, 5) is 12.8. The molecule has 3 rings (SSSR count). The van der Waals surface area contributed by atoms with Crippen molar-refractivity contribution in [3.63, 3.8) is 0 Å². The average Bonchev–Trinajstić information content (AvgIpc) is 2.98. The molecule has 0 saturated carbocycles. The molecule has 0 radical (unpaired) electrons. The highest BCUT2D eigenvalue weighted by molar-refractivity contribution is 7.98. The molecule has 2 aromatic heterocycles. The summed E-state index contributed by atoms with van der Waals surface area (Å²) in [7, 11) is 3.18. The number of nitrogen functional groups attached to an aromatic ring is 1. The van der Waals surface area contributed by atoms with Gasteiger partial charge in [-0.3, -0.25) is 0 Å². The molecule has 1 aromatic carbocycles. The van der Waals surface area contributed by atoms with Crippen LogP contribution in [-0.4, -0.2) is 45.0 Å². The maximum Gasteiger partial charge on any atom is 0.258 e. The number of aromatic nitrogens is 5. The van der Waals surface area contributed by atoms with E-state index in [-0.39, 0.29) is 5.95 Å². The molecule has 9 heteroatoms. The van der Waals surface area contributed by atoms with Gasteiger partial charge in [0.1, 0.15) is 11.5 Å². The number of nitrogens with zero attached hydrogens (tertiary/aromatic N) is 5. The average molecular weight is 318 g/mol. The molecule has 8 nitrogen and oxygen atoms in total. The summed E-state index contributed by atoms with van der Waals surface area (Å²) in [6.07, 6.45) is 1.87. The molecule has 0 atom stereocenters. The van der Waals surface area contributed by atoms with E-state index in [1.807, 2.05) is 6.26 Å². The zero-order valence-electron chi connectivity index (χ0n) is 12.3. The van der Waals surface area contributed by atoms with Crippen molar-refractivity contribution in [3.8, 4) is 22.9 Å². The summed E-state index contributed by atoms with van der Waals surface area (Å²) in [6.45, 7) is 0. The summed E-state index contributed by atoms with van der Waals surface area (Å²) >= 11 is 1.39. The van der Waals surface area contributed by atoms with Gasteiger partial charge in [0.05, 0.1) is 19.8 Å². The van der Waals surface area contributed by atoms with Crippen LogP contribution in [-0.2, 0) is 0 Å². The van der Waals surface area contributed by atoms with Gasteiger partial charge < -0.3 is 15.2 Å². The number of anilines is 1. The van der Waals surface area contributed by atoms with Crippen LogP contribution in [0.4, 0.5) is 5.95 Å². The van der Waals surface area contributed by atoms with Gasteiger partial charge in [0.25, 0.3) is 5.78 Å². The van der Waals surface area contributed by atoms with Gasteiger partial charge in [0.15, 0.2) is 11.0 Å². The van der Waals surface area contributed by atoms with Gasteiger partial charge in [-0.05, 0) is 24.5 Å². The van der Waals surface area contributed by atoms with Crippen molar-refractivity contribution in [1.82, 2.24) is 24.6 Å². The van der Waals surface area contributed by atoms with Crippen LogP contribution in [0.1, 0.15) is 0 Å². The standard InChI is InChI=1S/C13H14N6O2S/c1-20-7-4-5-9(21-2)8(6-7)10-15-12-17-13(22-3)16-11(14)19(12)18-10/h4-6H,1-3H3,(H2,14,15,16,17,18). The first-order chi connectivity index (χ1) is 10.7. The number of hydrogen-bond donors (Lipinski definition) is 1. The minimum atomic E-state index is 0.231. The second-order valence-corrected chi connectivity index (χ2v) is 5.06. The number of thioether (sulfide) groups is 1. The molecule has 114 valence electrons. The predicted octanol–water partition coefficient (Wildman–Crippen LogP) is 1.51. The maximum atomic E-state index is 5.89. The minimum Gasteiger partial charge on any atom is -0.497 e. The molecule has 0 amide bonds. The van der Waals surface area contributed by atoms with Gasteiger partial charge in [-0.25, -0.2) is 0 Å². The van der Waals surface area contributed by atoms with Crippen LogP contribution in [0, 0.1) is 0 Å². The van der Waals surface area contributed by atoms with Crippen molar-refractivity contribution < 1.29 is 9.47 Å². The van der Waals surface area contributed by atoms with Gasteiger partial charge in [-0.15, -0.1) is 5.10 Å². The van der Waals surface area contributed by atoms with Crippen LogP contribution >= 0.6 is 11.8 Å². The first-order valence-electron chi connectivity index (χ1n) is 6.33. The van der Waals surface area contributed by atoms with Crippen LogP contribution in [0.15, 0.2) is 23.4 Å². The fourth-order valence-corrected chi connectivity index (χ4v) is 2.34. The minimum absolute atomic E-state index is 0.231. The predicted molar refractivity (Wildman–Crippen MR) is 83.3 cm³/mol. The smallest absolute Gasteiger partial charge is 0.258 e. The highest BCUT2D eigenvalue weighted by Crippen LogP contribution is 2.31. The van der Waals surface area contributed by atoms with Gasteiger partial charge >= 0.3 is 0 Å². The fraction of sp³-hybridized carbons (Fsp3) is 0.231. The van der Waals surface area contributed by atoms with E-state index in [1.165, 1.54) is 16.3 Å². The van der Waals surface area contributed by atoms with Crippen molar-refractivity contribution in [2.45, 2.75) is 5.16 Å². The summed E-state index contributed by atoms with van der Waals surface area (Å²) in [5.41, 5.74) is 6.58. The van der Waals surface area contributed by atoms with Crippen LogP contribution in [0.25, 0.3) is 17.2 Å². The molecule has 0 aliphatic heterocycles. The molecule has 0 aliphatic carbocycles. The van der Waals surface area contributed by atoms with Crippen molar-refractivity contribution >= 4 is 23.5 Å². The maximum absolute atomic E-state index is 5.89. The summed E-state index contributed by atoms with van der Waals surface area (Å²) in [6, 6.07) is 5.40. The molecule has 0 fully saturated rings. The van der Waals surface area contributed by atoms with E-state index in [9.17, 15) is 0 Å². The van der Waals surface area contributed by atoms with E-state index in [4.69, 9.17) is 15.2 Å². The van der Waals surface area contributed by atoms with Crippen LogP contribution < -0.4 is 15.2 Å². The van der Waals surface area contributed by atoms with E-state index in [0.717, 1.165) is 0 Å². The Balaban J connectivity index is 2.20. The largest absolute Gasteiger partial charge is 0.497 e. The molecule has 22 heavy (non-hydrogen) atoms. The third-order valence-electron chi connectivity index (χ3n) is 3.04. The zero-order chi connectivity index (χ0) is 15.7. The quantitative estimate of drug-likeness (QED) is 0.722. The molecule has 3 aromatic rings. The number of ether oxygens (including phenoxy) is 2. The Morgan fingerprint density at radius 3 is 2.64 bits per heavy atom. The van der Waals surface area contributed by atoms with E-state index < -0.39 is 0 Å². The van der Waals surface area contributed by atoms with Crippen molar-refractivity contribution in [1.29, 1.82) is 0 Å². The van der Waals surface area contributed by atoms with Gasteiger partial charge in [0.2, 0.25) is 5.95 Å². The Labute approximate surface area is 130 Å². The highest BCUT2D eigenvalue weighted by atomic mass is 32.2. The monoisotopic (exact) mass is 318 g/mol. The van der Waals surface area contributed by atoms with E-state index >= 15 is 0 Å². The second-order valence-electron chi connectivity index (χ2n) is 4.28. The lowest BCUT2D eigenvalue weighted by Crippen LogP contribution is -2.04. The van der Waals surface area contributed by atoms with Crippen molar-refractivity contribution in [2.24, 2.45) is 0 Å². The molecular formula is C13H14N6O2S. The Hall–Kier alpha value is -2.55. The lowest BCUT2D eigenvalue weighted by Gasteiger charge is -2.07. The van der Waals surface area contributed by atoms with Crippen molar-refractivity contribution in [3.05, 3.63) is 18.2 Å². The Kier molecular flexibility index (Phi) is 3.72. The normalized spacial score (nSPS) is 10.9. The second kappa shape index (κ2) is 5.68. The lowest BCUT2D eigenvalue weighted by molar-refractivity contribution is 0.404. The van der Waals surface area contributed by atoms with Gasteiger partial charge in [-0.1, -0.05) is 11.8 Å². The van der Waals surface area contributed by atoms with Gasteiger partial charge in [0, 0.05) is 0 Å². The number of methoxy groups -OCH3 is 2. The Morgan fingerprint density at radius 1 is 1.14 bits per heavy atom. The topological polar surface area (TPSA) is 100 Å². The highest BCUT2D eigenvalue weighted by Gasteiger charge is 2.16. The number of rotatable bonds is 4. The van der Waals surface area contributed by atoms with Crippen LogP contribution in [0.2, 0.25) is 0 Å². The summed E-state index contributed by atoms with van der Waals surface area (Å²) < 4.78 is 12.0. The number of benzene rings is 1. The number of hydrogen-bond acceptors (Lipinski definition) is 8. The van der Waals surface area contributed by atoms with E-state index in [1.54, 1.807) is 32.4 Å². The first-order valence-corrected chi connectivity index (χ1v) is 7.55. The number of nitrogens with two attached hydrogens (primary N) is 1. The molecule has 2 N–H and O–H groups in total. The van der Waals surface area contributed by atoms with Crippen LogP contribution in [0.3, 0.4) is 0 Å². The molecular weight excluding hydrogens is 304 g/mol. The molecule has 0 bridgehead atoms. The molecule has 0 saturated heterocycles. The summed E-state index contributed by atoms with van der Waals surface area (Å²) in [5, 5.41) is 4.90. The van der Waals surface area contributed by atoms with Crippen LogP contribution in [0.5, 0.6) is 11.5 Å². The fourth-order valence-electron chi connectivity index (χ4n) is 1.98. The first kappa shape index (κ1) is 14.4. The van der Waals surface area contributed by atoms with Gasteiger partial charge in [-0.2, -0.15) is 19.5 Å². The third-order valence-corrected chi connectivity index (χ3v) is 3.59. The Morgan fingerprint density at radius 2 is 1.95 bits per heavy atom. The zero-order valence-corrected chi connectivity index (χ0v) is 13.1. The lowest BCUT2D eigenvalue weighted by atomic mass is 10.2. The Bertz CT molecular complexity index is 835. The summed E-state index contributed by atoms with van der Waals surface area (Å²) in [5.74, 6) is 2.37. The molecule has 0 unspecified atom stereocenters. The van der Waals surface area contributed by atoms with Crippen molar-refractivity contribution in [2.75, 3.05) is 26.2 Å². The third kappa shape index (κ3) is 2.39. The molecule has 0 aliphatic rings. The molecule has 0 spiro atoms. The van der Waals surface area contributed by atoms with E-state index in [2.05, 4.69) is 20.1 Å².